The Morgan fingerprint density at radius 1 is 0.933 bits per heavy atom. The Morgan fingerprint density at radius 3 is 2.17 bits per heavy atom. The van der Waals surface area contributed by atoms with E-state index in [0.717, 1.165) is 5.56 Å². The van der Waals surface area contributed by atoms with Gasteiger partial charge in [-0.25, -0.2) is 9.78 Å². The number of carbonyl (C=O) groups excluding carboxylic acids is 2. The SMILES string of the molecule is CN(C(=O)OC(C)(C)C)c1ccc(-c2ccc(Cl)cc2)c(C(=O)c2ccccc2)n1. The van der Waals surface area contributed by atoms with E-state index in [9.17, 15) is 9.59 Å². The van der Waals surface area contributed by atoms with Gasteiger partial charge in [0.25, 0.3) is 0 Å². The van der Waals surface area contributed by atoms with Gasteiger partial charge in [0.05, 0.1) is 0 Å². The predicted molar refractivity (Wildman–Crippen MR) is 119 cm³/mol. The predicted octanol–water partition coefficient (Wildman–Crippen LogP) is 6.00. The summed E-state index contributed by atoms with van der Waals surface area (Å²) >= 11 is 6.01. The summed E-state index contributed by atoms with van der Waals surface area (Å²) in [5.74, 6) is 0.0845. The Kier molecular flexibility index (Phi) is 6.22. The minimum atomic E-state index is -0.642. The Labute approximate surface area is 181 Å². The second kappa shape index (κ2) is 8.67. The number of hydrogen-bond acceptors (Lipinski definition) is 4. The molecule has 0 saturated heterocycles. The molecule has 3 rings (SSSR count). The van der Waals surface area contributed by atoms with Crippen molar-refractivity contribution in [3.8, 4) is 11.1 Å². The Morgan fingerprint density at radius 2 is 1.57 bits per heavy atom. The van der Waals surface area contributed by atoms with Crippen LogP contribution in [0.3, 0.4) is 0 Å². The van der Waals surface area contributed by atoms with Crippen LogP contribution >= 0.6 is 11.6 Å². The highest BCUT2D eigenvalue weighted by Crippen LogP contribution is 2.28. The van der Waals surface area contributed by atoms with Crippen molar-refractivity contribution in [1.29, 1.82) is 0 Å². The van der Waals surface area contributed by atoms with Crippen LogP contribution in [-0.2, 0) is 4.74 Å². The summed E-state index contributed by atoms with van der Waals surface area (Å²) < 4.78 is 5.41. The number of amides is 1. The monoisotopic (exact) mass is 422 g/mol. The van der Waals surface area contributed by atoms with Gasteiger partial charge in [0.1, 0.15) is 17.1 Å². The highest BCUT2D eigenvalue weighted by molar-refractivity contribution is 6.30. The zero-order chi connectivity index (χ0) is 21.9. The molecule has 0 fully saturated rings. The van der Waals surface area contributed by atoms with E-state index in [-0.39, 0.29) is 11.5 Å². The van der Waals surface area contributed by atoms with Crippen LogP contribution in [0.4, 0.5) is 10.6 Å². The van der Waals surface area contributed by atoms with Gasteiger partial charge in [-0.05, 0) is 50.6 Å². The maximum absolute atomic E-state index is 13.3. The molecule has 0 saturated carbocycles. The summed E-state index contributed by atoms with van der Waals surface area (Å²) in [6, 6.07) is 19.6. The number of aromatic nitrogens is 1. The number of rotatable bonds is 4. The molecule has 0 aliphatic carbocycles. The number of pyridine rings is 1. The van der Waals surface area contributed by atoms with E-state index < -0.39 is 11.7 Å². The van der Waals surface area contributed by atoms with Gasteiger partial charge in [-0.2, -0.15) is 0 Å². The van der Waals surface area contributed by atoms with Gasteiger partial charge in [0, 0.05) is 23.2 Å². The third-order valence-electron chi connectivity index (χ3n) is 4.30. The second-order valence-electron chi connectivity index (χ2n) is 7.81. The number of ether oxygens (including phenoxy) is 1. The third-order valence-corrected chi connectivity index (χ3v) is 4.55. The standard InChI is InChI=1S/C24H23ClN2O3/c1-24(2,3)30-23(29)27(4)20-15-14-19(16-10-12-18(25)13-11-16)21(26-20)22(28)17-8-6-5-7-9-17/h5-15H,1-4H3. The molecule has 1 amide bonds. The largest absolute Gasteiger partial charge is 0.443 e. The molecule has 1 heterocycles. The van der Waals surface area contributed by atoms with Gasteiger partial charge in [-0.3, -0.25) is 9.69 Å². The van der Waals surface area contributed by atoms with Crippen LogP contribution in [0, 0.1) is 0 Å². The lowest BCUT2D eigenvalue weighted by Gasteiger charge is -2.24. The smallest absolute Gasteiger partial charge is 0.415 e. The summed E-state index contributed by atoms with van der Waals surface area (Å²) in [5, 5.41) is 0.601. The Hall–Kier alpha value is -3.18. The van der Waals surface area contributed by atoms with Crippen molar-refractivity contribution < 1.29 is 14.3 Å². The van der Waals surface area contributed by atoms with Crippen LogP contribution in [-0.4, -0.2) is 29.5 Å². The molecule has 0 N–H and O–H groups in total. The number of nitrogens with zero attached hydrogens (tertiary/aromatic N) is 2. The molecule has 6 heteroatoms. The average molecular weight is 423 g/mol. The van der Waals surface area contributed by atoms with Crippen LogP contribution in [0.25, 0.3) is 11.1 Å². The fraction of sp³-hybridized carbons (Fsp3) is 0.208. The van der Waals surface area contributed by atoms with E-state index in [0.29, 0.717) is 22.0 Å². The molecule has 2 aromatic carbocycles. The maximum atomic E-state index is 13.3. The van der Waals surface area contributed by atoms with Gasteiger partial charge in [-0.15, -0.1) is 0 Å². The molecular weight excluding hydrogens is 400 g/mol. The second-order valence-corrected chi connectivity index (χ2v) is 8.24. The Bertz CT molecular complexity index is 1060. The number of halogens is 1. The zero-order valence-corrected chi connectivity index (χ0v) is 18.1. The minimum Gasteiger partial charge on any atom is -0.443 e. The lowest BCUT2D eigenvalue weighted by atomic mass is 9.98. The summed E-state index contributed by atoms with van der Waals surface area (Å²) in [6.07, 6.45) is -0.549. The maximum Gasteiger partial charge on any atom is 0.415 e. The molecule has 154 valence electrons. The Balaban J connectivity index is 2.07. The van der Waals surface area contributed by atoms with Gasteiger partial charge in [-0.1, -0.05) is 54.1 Å². The number of carbonyl (C=O) groups is 2. The number of benzene rings is 2. The lowest BCUT2D eigenvalue weighted by molar-refractivity contribution is 0.0588. The quantitative estimate of drug-likeness (QED) is 0.483. The molecule has 0 aliphatic heterocycles. The third kappa shape index (κ3) is 5.05. The highest BCUT2D eigenvalue weighted by atomic mass is 35.5. The topological polar surface area (TPSA) is 59.5 Å². The van der Waals surface area contributed by atoms with Crippen LogP contribution in [0.5, 0.6) is 0 Å². The molecular formula is C24H23ClN2O3. The van der Waals surface area contributed by atoms with Crippen molar-refractivity contribution in [2.45, 2.75) is 26.4 Å². The van der Waals surface area contributed by atoms with E-state index in [2.05, 4.69) is 4.98 Å². The van der Waals surface area contributed by atoms with Crippen molar-refractivity contribution in [2.24, 2.45) is 0 Å². The first-order chi connectivity index (χ1) is 14.2. The molecule has 0 unspecified atom stereocenters. The average Bonchev–Trinajstić information content (AvgIpc) is 2.72. The van der Waals surface area contributed by atoms with E-state index in [1.165, 1.54) is 4.90 Å². The summed E-state index contributed by atoms with van der Waals surface area (Å²) in [7, 11) is 1.56. The molecule has 1 aromatic heterocycles. The van der Waals surface area contributed by atoms with Crippen LogP contribution in [0.2, 0.25) is 5.02 Å². The van der Waals surface area contributed by atoms with Crippen molar-refractivity contribution in [2.75, 3.05) is 11.9 Å². The minimum absolute atomic E-state index is 0.236. The van der Waals surface area contributed by atoms with Gasteiger partial charge in [0.15, 0.2) is 0 Å². The molecule has 0 atom stereocenters. The lowest BCUT2D eigenvalue weighted by Crippen LogP contribution is -2.34. The van der Waals surface area contributed by atoms with Crippen molar-refractivity contribution in [3.05, 3.63) is 83.0 Å². The molecule has 0 aliphatic rings. The highest BCUT2D eigenvalue weighted by Gasteiger charge is 2.24. The van der Waals surface area contributed by atoms with E-state index in [1.807, 2.05) is 18.2 Å². The summed E-state index contributed by atoms with van der Waals surface area (Å²) in [6.45, 7) is 5.38. The van der Waals surface area contributed by atoms with Crippen molar-refractivity contribution in [3.63, 3.8) is 0 Å². The van der Waals surface area contributed by atoms with Crippen molar-refractivity contribution in [1.82, 2.24) is 4.98 Å². The summed E-state index contributed by atoms with van der Waals surface area (Å²) in [5.41, 5.74) is 1.57. The first-order valence-electron chi connectivity index (χ1n) is 9.49. The van der Waals surface area contributed by atoms with Crippen molar-refractivity contribution >= 4 is 29.3 Å². The fourth-order valence-corrected chi connectivity index (χ4v) is 2.95. The molecule has 30 heavy (non-hydrogen) atoms. The molecule has 0 radical (unpaired) electrons. The first kappa shape index (κ1) is 21.5. The van der Waals surface area contributed by atoms with Gasteiger partial charge >= 0.3 is 6.09 Å². The molecule has 3 aromatic rings. The van der Waals surface area contributed by atoms with E-state index in [4.69, 9.17) is 16.3 Å². The number of ketones is 1. The first-order valence-corrected chi connectivity index (χ1v) is 9.87. The normalized spacial score (nSPS) is 11.1. The van der Waals surface area contributed by atoms with Crippen LogP contribution < -0.4 is 4.90 Å². The molecule has 0 spiro atoms. The molecule has 5 nitrogen and oxygen atoms in total. The van der Waals surface area contributed by atoms with Gasteiger partial charge < -0.3 is 4.74 Å². The van der Waals surface area contributed by atoms with E-state index in [1.54, 1.807) is 76.3 Å². The van der Waals surface area contributed by atoms with E-state index >= 15 is 0 Å². The van der Waals surface area contributed by atoms with Crippen LogP contribution in [0.1, 0.15) is 36.8 Å². The molecule has 0 bridgehead atoms. The zero-order valence-electron chi connectivity index (χ0n) is 17.3. The van der Waals surface area contributed by atoms with Crippen LogP contribution in [0.15, 0.2) is 66.7 Å². The fourth-order valence-electron chi connectivity index (χ4n) is 2.82. The number of anilines is 1. The number of hydrogen-bond donors (Lipinski definition) is 0. The summed E-state index contributed by atoms with van der Waals surface area (Å²) in [4.78, 5) is 31.6. The van der Waals surface area contributed by atoms with Gasteiger partial charge in [0.2, 0.25) is 5.78 Å².